The van der Waals surface area contributed by atoms with Crippen molar-refractivity contribution < 1.29 is 4.79 Å². The van der Waals surface area contributed by atoms with Gasteiger partial charge in [0.05, 0.1) is 5.69 Å². The Hall–Kier alpha value is -3.24. The number of carbonyl (C=O) groups is 1. The molecule has 2 heterocycles. The number of aromatic nitrogens is 1. The van der Waals surface area contributed by atoms with Gasteiger partial charge < -0.3 is 10.2 Å². The van der Waals surface area contributed by atoms with Gasteiger partial charge in [-0.1, -0.05) is 48.5 Å². The van der Waals surface area contributed by atoms with Crippen molar-refractivity contribution in [1.82, 2.24) is 15.2 Å². The second-order valence-corrected chi connectivity index (χ2v) is 8.37. The van der Waals surface area contributed by atoms with Crippen molar-refractivity contribution in [3.63, 3.8) is 0 Å². The lowest BCUT2D eigenvalue weighted by Gasteiger charge is -2.14. The highest BCUT2D eigenvalue weighted by Crippen LogP contribution is 2.15. The quantitative estimate of drug-likeness (QED) is 0.488. The highest BCUT2D eigenvalue weighted by atomic mass is 16.1. The smallest absolute Gasteiger partial charge is 0.251 e. The Morgan fingerprint density at radius 2 is 1.75 bits per heavy atom. The van der Waals surface area contributed by atoms with Crippen LogP contribution >= 0.6 is 0 Å². The SMILES string of the molecule is O=C(NCCCN1CCCC1)c1cccc(Cc2cccc(/C=C/c3ccccn3)c2)c1. The third-order valence-electron chi connectivity index (χ3n) is 5.82. The summed E-state index contributed by atoms with van der Waals surface area (Å²) < 4.78 is 0. The zero-order valence-corrected chi connectivity index (χ0v) is 18.5. The van der Waals surface area contributed by atoms with Crippen molar-refractivity contribution >= 4 is 18.1 Å². The summed E-state index contributed by atoms with van der Waals surface area (Å²) in [5.74, 6) is 0.0142. The molecular weight excluding hydrogens is 394 g/mol. The fourth-order valence-electron chi connectivity index (χ4n) is 4.13. The Bertz CT molecular complexity index is 1040. The lowest BCUT2D eigenvalue weighted by Crippen LogP contribution is -2.28. The van der Waals surface area contributed by atoms with E-state index in [0.29, 0.717) is 0 Å². The molecular formula is C28H31N3O. The Kier molecular flexibility index (Phi) is 7.83. The normalized spacial score (nSPS) is 14.1. The van der Waals surface area contributed by atoms with Crippen LogP contribution in [0.5, 0.6) is 0 Å². The summed E-state index contributed by atoms with van der Waals surface area (Å²) in [6.45, 7) is 4.21. The van der Waals surface area contributed by atoms with E-state index in [1.54, 1.807) is 6.20 Å². The lowest BCUT2D eigenvalue weighted by molar-refractivity contribution is 0.0952. The van der Waals surface area contributed by atoms with Crippen LogP contribution in [0.4, 0.5) is 0 Å². The Balaban J connectivity index is 1.32. The predicted octanol–water partition coefficient (Wildman–Crippen LogP) is 5.06. The summed E-state index contributed by atoms with van der Waals surface area (Å²) in [4.78, 5) is 19.4. The number of pyridine rings is 1. The van der Waals surface area contributed by atoms with Crippen LogP contribution in [0.2, 0.25) is 0 Å². The topological polar surface area (TPSA) is 45.2 Å². The van der Waals surface area contributed by atoms with Gasteiger partial charge in [0.15, 0.2) is 0 Å². The first kappa shape index (κ1) is 22.0. The van der Waals surface area contributed by atoms with E-state index in [1.165, 1.54) is 31.5 Å². The van der Waals surface area contributed by atoms with Crippen LogP contribution in [-0.4, -0.2) is 42.0 Å². The van der Waals surface area contributed by atoms with Gasteiger partial charge in [0.25, 0.3) is 5.91 Å². The van der Waals surface area contributed by atoms with Gasteiger partial charge in [0.2, 0.25) is 0 Å². The van der Waals surface area contributed by atoms with E-state index in [0.717, 1.165) is 48.3 Å². The molecule has 1 amide bonds. The number of hydrogen-bond acceptors (Lipinski definition) is 3. The van der Waals surface area contributed by atoms with Crippen molar-refractivity contribution in [1.29, 1.82) is 0 Å². The minimum atomic E-state index is 0.0142. The molecule has 1 N–H and O–H groups in total. The van der Waals surface area contributed by atoms with Gasteiger partial charge in [-0.3, -0.25) is 9.78 Å². The van der Waals surface area contributed by atoms with E-state index in [1.807, 2.05) is 42.5 Å². The number of likely N-dealkylation sites (tertiary alicyclic amines) is 1. The van der Waals surface area contributed by atoms with Gasteiger partial charge in [-0.2, -0.15) is 0 Å². The number of nitrogens with zero attached hydrogens (tertiary/aromatic N) is 2. The van der Waals surface area contributed by atoms with E-state index >= 15 is 0 Å². The van der Waals surface area contributed by atoms with Gasteiger partial charge in [0.1, 0.15) is 0 Å². The Morgan fingerprint density at radius 1 is 0.938 bits per heavy atom. The van der Waals surface area contributed by atoms with E-state index < -0.39 is 0 Å². The van der Waals surface area contributed by atoms with Crippen molar-refractivity contribution in [2.24, 2.45) is 0 Å². The van der Waals surface area contributed by atoms with Crippen molar-refractivity contribution in [3.05, 3.63) is 101 Å². The number of hydrogen-bond donors (Lipinski definition) is 1. The standard InChI is InChI=1S/C28H31N3O/c32-28(30-16-7-19-31-17-3-4-18-31)26-11-6-10-25(22-26)21-24-9-5-8-23(20-24)13-14-27-12-1-2-15-29-27/h1-2,5-6,8-15,20,22H,3-4,7,16-19,21H2,(H,30,32)/b14-13+. The molecule has 4 rings (SSSR count). The minimum Gasteiger partial charge on any atom is -0.352 e. The Morgan fingerprint density at radius 3 is 2.56 bits per heavy atom. The number of benzene rings is 2. The molecule has 0 aliphatic carbocycles. The molecule has 0 bridgehead atoms. The molecule has 0 radical (unpaired) electrons. The molecule has 0 saturated carbocycles. The molecule has 0 atom stereocenters. The first-order chi connectivity index (χ1) is 15.8. The van der Waals surface area contributed by atoms with Crippen LogP contribution in [0.15, 0.2) is 72.9 Å². The summed E-state index contributed by atoms with van der Waals surface area (Å²) in [5.41, 5.74) is 5.17. The first-order valence-electron chi connectivity index (χ1n) is 11.5. The number of rotatable bonds is 9. The molecule has 1 saturated heterocycles. The average molecular weight is 426 g/mol. The molecule has 1 aromatic heterocycles. The van der Waals surface area contributed by atoms with Gasteiger partial charge in [-0.15, -0.1) is 0 Å². The molecule has 164 valence electrons. The van der Waals surface area contributed by atoms with Crippen molar-refractivity contribution in [2.75, 3.05) is 26.2 Å². The predicted molar refractivity (Wildman–Crippen MR) is 131 cm³/mol. The van der Waals surface area contributed by atoms with Crippen LogP contribution in [0, 0.1) is 0 Å². The molecule has 4 heteroatoms. The monoisotopic (exact) mass is 425 g/mol. The zero-order chi connectivity index (χ0) is 22.0. The molecule has 2 aromatic carbocycles. The minimum absolute atomic E-state index is 0.0142. The first-order valence-corrected chi connectivity index (χ1v) is 11.5. The molecule has 1 fully saturated rings. The molecule has 32 heavy (non-hydrogen) atoms. The number of nitrogens with one attached hydrogen (secondary N) is 1. The molecule has 3 aromatic rings. The van der Waals surface area contributed by atoms with Crippen LogP contribution in [0.3, 0.4) is 0 Å². The van der Waals surface area contributed by atoms with E-state index in [2.05, 4.69) is 51.6 Å². The summed E-state index contributed by atoms with van der Waals surface area (Å²) in [6, 6.07) is 22.3. The van der Waals surface area contributed by atoms with E-state index in [9.17, 15) is 4.79 Å². The van der Waals surface area contributed by atoms with Crippen LogP contribution in [0.25, 0.3) is 12.2 Å². The molecule has 4 nitrogen and oxygen atoms in total. The van der Waals surface area contributed by atoms with Crippen LogP contribution in [-0.2, 0) is 6.42 Å². The van der Waals surface area contributed by atoms with Gasteiger partial charge >= 0.3 is 0 Å². The summed E-state index contributed by atoms with van der Waals surface area (Å²) in [6.07, 6.45) is 10.3. The fraction of sp³-hybridized carbons (Fsp3) is 0.286. The van der Waals surface area contributed by atoms with Crippen LogP contribution in [0.1, 0.15) is 52.0 Å². The average Bonchev–Trinajstić information content (AvgIpc) is 3.35. The summed E-state index contributed by atoms with van der Waals surface area (Å²) >= 11 is 0. The van der Waals surface area contributed by atoms with Crippen LogP contribution < -0.4 is 5.32 Å². The highest BCUT2D eigenvalue weighted by Gasteiger charge is 2.11. The number of carbonyl (C=O) groups excluding carboxylic acids is 1. The lowest BCUT2D eigenvalue weighted by atomic mass is 10.0. The molecule has 1 aliphatic rings. The number of amides is 1. The second-order valence-electron chi connectivity index (χ2n) is 8.37. The highest BCUT2D eigenvalue weighted by molar-refractivity contribution is 5.94. The summed E-state index contributed by atoms with van der Waals surface area (Å²) in [5, 5.41) is 3.07. The fourth-order valence-corrected chi connectivity index (χ4v) is 4.13. The van der Waals surface area contributed by atoms with Crippen molar-refractivity contribution in [3.8, 4) is 0 Å². The molecule has 0 unspecified atom stereocenters. The van der Waals surface area contributed by atoms with Gasteiger partial charge in [-0.25, -0.2) is 0 Å². The second kappa shape index (κ2) is 11.4. The molecule has 1 aliphatic heterocycles. The maximum absolute atomic E-state index is 12.6. The van der Waals surface area contributed by atoms with E-state index in [-0.39, 0.29) is 5.91 Å². The largest absolute Gasteiger partial charge is 0.352 e. The van der Waals surface area contributed by atoms with Gasteiger partial charge in [-0.05, 0) is 92.3 Å². The van der Waals surface area contributed by atoms with E-state index in [4.69, 9.17) is 0 Å². The Labute approximate surface area is 191 Å². The maximum atomic E-state index is 12.6. The summed E-state index contributed by atoms with van der Waals surface area (Å²) in [7, 11) is 0. The zero-order valence-electron chi connectivity index (χ0n) is 18.5. The third kappa shape index (κ3) is 6.63. The van der Waals surface area contributed by atoms with Crippen molar-refractivity contribution in [2.45, 2.75) is 25.7 Å². The maximum Gasteiger partial charge on any atom is 0.251 e. The molecule has 0 spiro atoms. The van der Waals surface area contributed by atoms with Gasteiger partial charge in [0, 0.05) is 18.3 Å². The third-order valence-corrected chi connectivity index (χ3v) is 5.82.